The lowest BCUT2D eigenvalue weighted by Crippen LogP contribution is -2.31. The van der Waals surface area contributed by atoms with Gasteiger partial charge in [-0.3, -0.25) is 9.69 Å². The number of para-hydroxylation sites is 1. The third-order valence-electron chi connectivity index (χ3n) is 6.55. The van der Waals surface area contributed by atoms with Gasteiger partial charge in [0.1, 0.15) is 11.4 Å². The van der Waals surface area contributed by atoms with E-state index in [4.69, 9.17) is 17.0 Å². The molecule has 36 heavy (non-hydrogen) atoms. The molecule has 2 heterocycles. The summed E-state index contributed by atoms with van der Waals surface area (Å²) in [5, 5.41) is 1.59. The van der Waals surface area contributed by atoms with E-state index in [0.29, 0.717) is 17.4 Å². The van der Waals surface area contributed by atoms with Crippen LogP contribution >= 0.6 is 12.2 Å². The first-order valence-electron chi connectivity index (χ1n) is 12.2. The van der Waals surface area contributed by atoms with Crippen LogP contribution in [0.15, 0.2) is 84.7 Å². The Balaban J connectivity index is 1.55. The quantitative estimate of drug-likeness (QED) is 0.224. The number of likely N-dealkylation sites (N-methyl/N-ethyl adjacent to an activating group) is 1. The number of thiocarbonyl (C=S) groups is 1. The van der Waals surface area contributed by atoms with Crippen molar-refractivity contribution in [3.63, 3.8) is 0 Å². The molecule has 0 N–H and O–H groups in total. The second-order valence-electron chi connectivity index (χ2n) is 8.80. The first-order valence-corrected chi connectivity index (χ1v) is 12.6. The van der Waals surface area contributed by atoms with E-state index in [1.807, 2.05) is 50.4 Å². The molecule has 1 aromatic heterocycles. The molecular formula is C30H29N3O2S. The van der Waals surface area contributed by atoms with Crippen molar-refractivity contribution in [1.82, 2.24) is 9.47 Å². The van der Waals surface area contributed by atoms with Crippen molar-refractivity contribution in [2.75, 3.05) is 18.6 Å². The molecule has 1 fully saturated rings. The van der Waals surface area contributed by atoms with Crippen molar-refractivity contribution in [3.8, 4) is 5.75 Å². The van der Waals surface area contributed by atoms with Crippen molar-refractivity contribution in [3.05, 3.63) is 101 Å². The fraction of sp³-hybridized carbons (Fsp3) is 0.200. The third kappa shape index (κ3) is 4.29. The summed E-state index contributed by atoms with van der Waals surface area (Å²) in [5.74, 6) is 0.628. The molecule has 0 aliphatic carbocycles. The molecule has 4 aromatic rings. The van der Waals surface area contributed by atoms with Gasteiger partial charge >= 0.3 is 0 Å². The van der Waals surface area contributed by atoms with E-state index < -0.39 is 0 Å². The zero-order valence-electron chi connectivity index (χ0n) is 20.8. The van der Waals surface area contributed by atoms with Crippen LogP contribution in [-0.2, 0) is 17.8 Å². The average molecular weight is 496 g/mol. The van der Waals surface area contributed by atoms with Gasteiger partial charge in [0.25, 0.3) is 5.91 Å². The first kappa shape index (κ1) is 23.8. The minimum absolute atomic E-state index is 0.137. The Morgan fingerprint density at radius 1 is 0.944 bits per heavy atom. The molecule has 5 rings (SSSR count). The van der Waals surface area contributed by atoms with Gasteiger partial charge in [-0.05, 0) is 67.0 Å². The third-order valence-corrected chi connectivity index (χ3v) is 7.01. The highest BCUT2D eigenvalue weighted by molar-refractivity contribution is 7.80. The molecule has 0 saturated carbocycles. The van der Waals surface area contributed by atoms with Crippen LogP contribution in [0.1, 0.15) is 30.5 Å². The van der Waals surface area contributed by atoms with E-state index in [1.54, 1.807) is 9.80 Å². The number of amides is 1. The number of carbonyl (C=O) groups excluding carboxylic acids is 1. The Morgan fingerprint density at radius 3 is 2.39 bits per heavy atom. The molecule has 6 heteroatoms. The molecule has 1 amide bonds. The number of anilines is 1. The van der Waals surface area contributed by atoms with Gasteiger partial charge in [0.15, 0.2) is 5.11 Å². The average Bonchev–Trinajstić information content (AvgIpc) is 3.35. The van der Waals surface area contributed by atoms with Gasteiger partial charge in [0.2, 0.25) is 0 Å². The summed E-state index contributed by atoms with van der Waals surface area (Å²) < 4.78 is 7.83. The number of aryl methyl sites for hydroxylation is 1. The van der Waals surface area contributed by atoms with Crippen molar-refractivity contribution in [2.45, 2.75) is 26.8 Å². The molecule has 0 radical (unpaired) electrons. The van der Waals surface area contributed by atoms with Gasteiger partial charge in [0, 0.05) is 30.7 Å². The Bertz CT molecular complexity index is 1460. The molecule has 1 aliphatic rings. The number of benzene rings is 3. The van der Waals surface area contributed by atoms with Crippen LogP contribution in [0, 0.1) is 0 Å². The first-order chi connectivity index (χ1) is 17.5. The number of carbonyl (C=O) groups is 1. The zero-order chi connectivity index (χ0) is 25.2. The summed E-state index contributed by atoms with van der Waals surface area (Å²) in [6.45, 7) is 5.47. The van der Waals surface area contributed by atoms with Gasteiger partial charge < -0.3 is 14.2 Å². The van der Waals surface area contributed by atoms with Gasteiger partial charge in [-0.25, -0.2) is 0 Å². The van der Waals surface area contributed by atoms with Gasteiger partial charge in [-0.1, -0.05) is 55.5 Å². The van der Waals surface area contributed by atoms with E-state index in [9.17, 15) is 4.79 Å². The Hall–Kier alpha value is -3.90. The lowest BCUT2D eigenvalue weighted by molar-refractivity contribution is -0.114. The standard InChI is InChI=1S/C30H29N3O2S/c1-4-22-12-9-13-26-23(20-32(28(22)26)19-21-10-7-6-8-11-21)18-27-29(34)33(30(36)31(27)3)24-14-16-25(17-15-24)35-5-2/h6-18,20H,4-5,19H2,1-3H3/b27-18-. The van der Waals surface area contributed by atoms with Crippen molar-refractivity contribution >= 4 is 45.9 Å². The lowest BCUT2D eigenvalue weighted by atomic mass is 10.1. The number of nitrogens with zero attached hydrogens (tertiary/aromatic N) is 3. The predicted molar refractivity (Wildman–Crippen MR) is 150 cm³/mol. The molecule has 0 atom stereocenters. The van der Waals surface area contributed by atoms with Crippen LogP contribution in [-0.4, -0.2) is 34.1 Å². The van der Waals surface area contributed by atoms with E-state index in [2.05, 4.69) is 60.2 Å². The fourth-order valence-electron chi connectivity index (χ4n) is 4.76. The maximum atomic E-state index is 13.6. The smallest absolute Gasteiger partial charge is 0.281 e. The Morgan fingerprint density at radius 2 is 1.69 bits per heavy atom. The van der Waals surface area contributed by atoms with Crippen molar-refractivity contribution < 1.29 is 9.53 Å². The fourth-order valence-corrected chi connectivity index (χ4v) is 5.05. The Labute approximate surface area is 217 Å². The SMILES string of the molecule is CCOc1ccc(N2C(=O)/C(=C/c3cn(Cc4ccccc4)c4c(CC)cccc34)N(C)C2=S)cc1. The van der Waals surface area contributed by atoms with Crippen LogP contribution in [0.25, 0.3) is 17.0 Å². The number of hydrogen-bond donors (Lipinski definition) is 0. The highest BCUT2D eigenvalue weighted by Gasteiger charge is 2.37. The van der Waals surface area contributed by atoms with Crippen LogP contribution in [0.5, 0.6) is 5.75 Å². The summed E-state index contributed by atoms with van der Waals surface area (Å²) in [5.41, 5.74) is 6.00. The molecule has 1 aliphatic heterocycles. The summed E-state index contributed by atoms with van der Waals surface area (Å²) in [6.07, 6.45) is 5.04. The van der Waals surface area contributed by atoms with Crippen LogP contribution < -0.4 is 9.64 Å². The van der Waals surface area contributed by atoms with E-state index in [0.717, 1.165) is 35.4 Å². The molecular weight excluding hydrogens is 466 g/mol. The van der Waals surface area contributed by atoms with Crippen LogP contribution in [0.4, 0.5) is 5.69 Å². The lowest BCUT2D eigenvalue weighted by Gasteiger charge is -2.16. The minimum Gasteiger partial charge on any atom is -0.494 e. The minimum atomic E-state index is -0.137. The van der Waals surface area contributed by atoms with E-state index in [-0.39, 0.29) is 5.91 Å². The zero-order valence-corrected chi connectivity index (χ0v) is 21.6. The summed E-state index contributed by atoms with van der Waals surface area (Å²) >= 11 is 5.68. The molecule has 0 unspecified atom stereocenters. The maximum absolute atomic E-state index is 13.6. The topological polar surface area (TPSA) is 37.7 Å². The number of hydrogen-bond acceptors (Lipinski definition) is 3. The molecule has 0 bridgehead atoms. The van der Waals surface area contributed by atoms with Crippen LogP contribution in [0.2, 0.25) is 0 Å². The van der Waals surface area contributed by atoms with Gasteiger partial charge in [-0.2, -0.15) is 0 Å². The molecule has 0 spiro atoms. The number of aromatic nitrogens is 1. The predicted octanol–water partition coefficient (Wildman–Crippen LogP) is 6.26. The molecule has 1 saturated heterocycles. The number of fused-ring (bicyclic) bond motifs is 1. The van der Waals surface area contributed by atoms with Crippen molar-refractivity contribution in [2.24, 2.45) is 0 Å². The Kier molecular flexibility index (Phi) is 6.61. The summed E-state index contributed by atoms with van der Waals surface area (Å²) in [6, 6.07) is 24.3. The summed E-state index contributed by atoms with van der Waals surface area (Å²) in [7, 11) is 1.85. The highest BCUT2D eigenvalue weighted by atomic mass is 32.1. The van der Waals surface area contributed by atoms with E-state index in [1.165, 1.54) is 16.6 Å². The number of rotatable bonds is 7. The largest absolute Gasteiger partial charge is 0.494 e. The second-order valence-corrected chi connectivity index (χ2v) is 9.17. The van der Waals surface area contributed by atoms with Crippen molar-refractivity contribution in [1.29, 1.82) is 0 Å². The van der Waals surface area contributed by atoms with Gasteiger partial charge in [0.05, 0.1) is 17.8 Å². The molecule has 3 aromatic carbocycles. The van der Waals surface area contributed by atoms with E-state index >= 15 is 0 Å². The van der Waals surface area contributed by atoms with Crippen LogP contribution in [0.3, 0.4) is 0 Å². The monoisotopic (exact) mass is 495 g/mol. The highest BCUT2D eigenvalue weighted by Crippen LogP contribution is 2.32. The normalized spacial score (nSPS) is 14.9. The second kappa shape index (κ2) is 9.99. The number of ether oxygens (including phenoxy) is 1. The van der Waals surface area contributed by atoms with Gasteiger partial charge in [-0.15, -0.1) is 0 Å². The maximum Gasteiger partial charge on any atom is 0.281 e. The summed E-state index contributed by atoms with van der Waals surface area (Å²) in [4.78, 5) is 17.0. The molecule has 5 nitrogen and oxygen atoms in total. The molecule has 182 valence electrons.